The fourth-order valence-electron chi connectivity index (χ4n) is 1.46. The van der Waals surface area contributed by atoms with Crippen LogP contribution in [0.5, 0.6) is 0 Å². The number of ether oxygens (including phenoxy) is 1. The molecule has 0 atom stereocenters. The molecular weight excluding hydrogens is 317 g/mol. The minimum Gasteiger partial charge on any atom is -0.535 e. The number of carboxylic acids is 1. The van der Waals surface area contributed by atoms with Crippen LogP contribution in [0, 0.1) is 13.0 Å². The van der Waals surface area contributed by atoms with Gasteiger partial charge in [0.2, 0.25) is 0 Å². The molecule has 0 spiro atoms. The van der Waals surface area contributed by atoms with Crippen LogP contribution in [-0.4, -0.2) is 18.2 Å². The summed E-state index contributed by atoms with van der Waals surface area (Å²) in [5.74, 6) is -0.351. The van der Waals surface area contributed by atoms with Crippen molar-refractivity contribution in [2.24, 2.45) is 0 Å². The van der Waals surface area contributed by atoms with Gasteiger partial charge in [0, 0.05) is 32.7 Å². The van der Waals surface area contributed by atoms with Crippen LogP contribution < -0.4 is 0 Å². The van der Waals surface area contributed by atoms with E-state index in [9.17, 15) is 4.79 Å². The minimum atomic E-state index is -0.935. The Morgan fingerprint density at radius 2 is 2.00 bits per heavy atom. The van der Waals surface area contributed by atoms with E-state index in [0.717, 1.165) is 16.7 Å². The molecule has 0 saturated heterocycles. The van der Waals surface area contributed by atoms with E-state index < -0.39 is 5.97 Å². The van der Waals surface area contributed by atoms with Crippen molar-refractivity contribution in [3.63, 3.8) is 0 Å². The van der Waals surface area contributed by atoms with Crippen molar-refractivity contribution in [2.75, 3.05) is 7.11 Å². The molecule has 1 N–H and O–H groups in total. The third-order valence-electron chi connectivity index (χ3n) is 2.41. The summed E-state index contributed by atoms with van der Waals surface area (Å²) in [6, 6.07) is 5.00. The maximum Gasteiger partial charge on any atom is 0.335 e. The number of aromatic carboxylic acids is 1. The molecule has 0 amide bonds. The molecule has 99 valence electrons. The first-order valence-electron chi connectivity index (χ1n) is 5.61. The van der Waals surface area contributed by atoms with E-state index in [-0.39, 0.29) is 38.3 Å². The van der Waals surface area contributed by atoms with Gasteiger partial charge < -0.3 is 9.84 Å². The number of carboxylic acid groups (broad SMARTS) is 1. The Kier molecular flexibility index (Phi) is 7.88. The molecule has 0 fully saturated rings. The van der Waals surface area contributed by atoms with Crippen molar-refractivity contribution >= 4 is 12.0 Å². The summed E-state index contributed by atoms with van der Waals surface area (Å²) < 4.78 is 5.20. The van der Waals surface area contributed by atoms with E-state index in [0.29, 0.717) is 5.76 Å². The van der Waals surface area contributed by atoms with E-state index in [1.165, 1.54) is 0 Å². The van der Waals surface area contributed by atoms with Gasteiger partial charge in [0.25, 0.3) is 0 Å². The second-order valence-electron chi connectivity index (χ2n) is 4.21. The van der Waals surface area contributed by atoms with Crippen LogP contribution in [0.2, 0.25) is 0 Å². The van der Waals surface area contributed by atoms with Gasteiger partial charge in [0.15, 0.2) is 0 Å². The average molecular weight is 334 g/mol. The fourth-order valence-corrected chi connectivity index (χ4v) is 1.46. The first-order chi connectivity index (χ1) is 8.43. The molecule has 1 aromatic carbocycles. The number of aryl methyl sites for hydroxylation is 1. The van der Waals surface area contributed by atoms with E-state index >= 15 is 0 Å². The van der Waals surface area contributed by atoms with Gasteiger partial charge in [-0.3, -0.25) is 0 Å². The normalized spacial score (nSPS) is 10.4. The predicted octanol–water partition coefficient (Wildman–Crippen LogP) is 3.45. The first kappa shape index (κ1) is 18.1. The number of hydrogen-bond donors (Lipinski definition) is 1. The number of hydrogen-bond acceptors (Lipinski definition) is 2. The quantitative estimate of drug-likeness (QED) is 0.521. The van der Waals surface area contributed by atoms with Crippen molar-refractivity contribution in [3.8, 4) is 0 Å². The van der Waals surface area contributed by atoms with Crippen molar-refractivity contribution in [2.45, 2.75) is 20.8 Å². The minimum absolute atomic E-state index is 0. The number of carbonyl (C=O) groups is 1. The molecule has 3 nitrogen and oxygen atoms in total. The zero-order valence-electron chi connectivity index (χ0n) is 11.7. The van der Waals surface area contributed by atoms with Gasteiger partial charge in [0.05, 0.1) is 12.7 Å². The van der Waals surface area contributed by atoms with Crippen LogP contribution in [0.25, 0.3) is 6.08 Å². The van der Waals surface area contributed by atoms with Crippen molar-refractivity contribution < 1.29 is 47.3 Å². The molecule has 1 radical (unpaired) electrons. The molecule has 0 aromatic heterocycles. The van der Waals surface area contributed by atoms with Gasteiger partial charge in [-0.05, 0) is 18.7 Å². The van der Waals surface area contributed by atoms with Crippen molar-refractivity contribution in [1.29, 1.82) is 0 Å². The summed E-state index contributed by atoms with van der Waals surface area (Å²) in [4.78, 5) is 10.9. The molecule has 1 rings (SSSR count). The maximum atomic E-state index is 10.9. The van der Waals surface area contributed by atoms with Gasteiger partial charge in [-0.1, -0.05) is 37.1 Å². The second-order valence-corrected chi connectivity index (χ2v) is 4.21. The summed E-state index contributed by atoms with van der Waals surface area (Å²) in [5.41, 5.74) is 3.07. The summed E-state index contributed by atoms with van der Waals surface area (Å²) in [7, 11) is 1.57. The average Bonchev–Trinajstić information content (AvgIpc) is 2.29. The summed E-state index contributed by atoms with van der Waals surface area (Å²) >= 11 is 0. The zero-order valence-corrected chi connectivity index (χ0v) is 14.5. The number of rotatable bonds is 4. The van der Waals surface area contributed by atoms with Gasteiger partial charge >= 0.3 is 5.97 Å². The number of benzene rings is 1. The molecule has 0 bridgehead atoms. The van der Waals surface area contributed by atoms with Gasteiger partial charge in [-0.2, -0.15) is 11.6 Å². The molecule has 0 heterocycles. The van der Waals surface area contributed by atoms with Crippen LogP contribution >= 0.6 is 0 Å². The maximum absolute atomic E-state index is 10.9. The van der Waals surface area contributed by atoms with E-state index in [1.807, 2.05) is 20.8 Å². The fraction of sp³-hybridized carbons (Fsp3) is 0.267. The van der Waals surface area contributed by atoms with E-state index in [1.54, 1.807) is 31.4 Å². The van der Waals surface area contributed by atoms with Crippen LogP contribution in [0.15, 0.2) is 29.5 Å². The SMILES string of the molecule is CO/C([C-]=C(C)C)=C/c1cc(C(=O)O)ccc1C.[Y]. The van der Waals surface area contributed by atoms with Gasteiger partial charge in [-0.25, -0.2) is 10.9 Å². The Labute approximate surface area is 139 Å². The third kappa shape index (κ3) is 5.71. The first-order valence-corrected chi connectivity index (χ1v) is 5.61. The molecule has 0 aliphatic carbocycles. The van der Waals surface area contributed by atoms with Crippen LogP contribution in [0.3, 0.4) is 0 Å². The van der Waals surface area contributed by atoms with Crippen LogP contribution in [0.1, 0.15) is 35.3 Å². The Hall–Kier alpha value is -0.926. The van der Waals surface area contributed by atoms with Crippen LogP contribution in [0.4, 0.5) is 0 Å². The van der Waals surface area contributed by atoms with Crippen LogP contribution in [-0.2, 0) is 37.4 Å². The molecule has 4 heteroatoms. The monoisotopic (exact) mass is 334 g/mol. The third-order valence-corrected chi connectivity index (χ3v) is 2.41. The predicted molar refractivity (Wildman–Crippen MR) is 71.2 cm³/mol. The van der Waals surface area contributed by atoms with E-state index in [4.69, 9.17) is 9.84 Å². The standard InChI is InChI=1S/C15H17O3.Y/c1-10(2)7-14(18-4)9-13-8-12(15(16)17)6-5-11(13)3;/h5-6,8-9H,1-4H3,(H,16,17);/q-1;/b14-9+;. The Morgan fingerprint density at radius 3 is 2.47 bits per heavy atom. The van der Waals surface area contributed by atoms with Crippen molar-refractivity contribution in [3.05, 3.63) is 52.3 Å². The smallest absolute Gasteiger partial charge is 0.335 e. The Bertz CT molecular complexity index is 512. The summed E-state index contributed by atoms with van der Waals surface area (Å²) in [6.07, 6.45) is 4.85. The van der Waals surface area contributed by atoms with Gasteiger partial charge in [0.1, 0.15) is 0 Å². The molecular formula is C15H17O3Y-. The molecule has 0 unspecified atom stereocenters. The molecule has 0 saturated carbocycles. The molecule has 0 aliphatic heterocycles. The topological polar surface area (TPSA) is 46.5 Å². The summed E-state index contributed by atoms with van der Waals surface area (Å²) in [5, 5.41) is 8.97. The second kappa shape index (κ2) is 8.29. The summed E-state index contributed by atoms with van der Waals surface area (Å²) in [6.45, 7) is 5.77. The van der Waals surface area contributed by atoms with Gasteiger partial charge in [-0.15, -0.1) is 0 Å². The molecule has 19 heavy (non-hydrogen) atoms. The molecule has 1 aromatic rings. The Morgan fingerprint density at radius 1 is 1.37 bits per heavy atom. The zero-order chi connectivity index (χ0) is 13.7. The Balaban J connectivity index is 0.00000324. The van der Waals surface area contributed by atoms with Crippen molar-refractivity contribution in [1.82, 2.24) is 0 Å². The largest absolute Gasteiger partial charge is 0.535 e. The molecule has 0 aliphatic rings. The van der Waals surface area contributed by atoms with E-state index in [2.05, 4.69) is 6.08 Å². The number of methoxy groups -OCH3 is 1. The number of allylic oxidation sites excluding steroid dienone is 2.